The Morgan fingerprint density at radius 3 is 2.47 bits per heavy atom. The molecule has 0 aliphatic heterocycles. The number of hydrogen-bond donors (Lipinski definition) is 0. The van der Waals surface area contributed by atoms with E-state index in [4.69, 9.17) is 6.42 Å². The van der Waals surface area contributed by atoms with Crippen molar-refractivity contribution in [2.45, 2.75) is 39.0 Å². The fraction of sp³-hybridized carbons (Fsp3) is 0.467. The standard InChI is InChI=1S/C15H20/c1-4-13(3)11-12-14(5-2)15-9-7-6-8-10-15/h1,5,11-12,15H,2,6-10H2,3H3/b13-11+,14-12+. The summed E-state index contributed by atoms with van der Waals surface area (Å²) in [6.07, 6.45) is 18.2. The van der Waals surface area contributed by atoms with Crippen LogP contribution in [0, 0.1) is 18.3 Å². The molecule has 0 N–H and O–H groups in total. The summed E-state index contributed by atoms with van der Waals surface area (Å²) in [6, 6.07) is 0. The first kappa shape index (κ1) is 11.9. The number of terminal acetylenes is 1. The first-order valence-corrected chi connectivity index (χ1v) is 5.75. The Bertz CT molecular complexity index is 303. The third kappa shape index (κ3) is 3.80. The van der Waals surface area contributed by atoms with Gasteiger partial charge >= 0.3 is 0 Å². The third-order valence-electron chi connectivity index (χ3n) is 3.07. The summed E-state index contributed by atoms with van der Waals surface area (Å²) in [5.74, 6) is 3.34. The molecule has 0 atom stereocenters. The van der Waals surface area contributed by atoms with Crippen molar-refractivity contribution in [3.05, 3.63) is 36.0 Å². The van der Waals surface area contributed by atoms with Gasteiger partial charge < -0.3 is 0 Å². The maximum atomic E-state index is 5.30. The summed E-state index contributed by atoms with van der Waals surface area (Å²) in [4.78, 5) is 0. The summed E-state index contributed by atoms with van der Waals surface area (Å²) >= 11 is 0. The van der Waals surface area contributed by atoms with Gasteiger partial charge in [0.15, 0.2) is 0 Å². The molecule has 0 heterocycles. The van der Waals surface area contributed by atoms with Crippen molar-refractivity contribution in [2.75, 3.05) is 0 Å². The highest BCUT2D eigenvalue weighted by Crippen LogP contribution is 2.30. The van der Waals surface area contributed by atoms with Gasteiger partial charge in [0.1, 0.15) is 0 Å². The van der Waals surface area contributed by atoms with Crippen molar-refractivity contribution < 1.29 is 0 Å². The third-order valence-corrected chi connectivity index (χ3v) is 3.07. The van der Waals surface area contributed by atoms with Crippen LogP contribution in [0.2, 0.25) is 0 Å². The van der Waals surface area contributed by atoms with Crippen LogP contribution < -0.4 is 0 Å². The van der Waals surface area contributed by atoms with Gasteiger partial charge in [0, 0.05) is 0 Å². The lowest BCUT2D eigenvalue weighted by Gasteiger charge is -2.22. The lowest BCUT2D eigenvalue weighted by atomic mass is 9.83. The Kier molecular flexibility index (Phi) is 4.98. The molecule has 0 unspecified atom stereocenters. The molecule has 0 radical (unpaired) electrons. The van der Waals surface area contributed by atoms with E-state index >= 15 is 0 Å². The smallest absolute Gasteiger partial charge is 0.00134 e. The molecule has 1 rings (SSSR count). The minimum absolute atomic E-state index is 0.707. The van der Waals surface area contributed by atoms with E-state index in [9.17, 15) is 0 Å². The van der Waals surface area contributed by atoms with Crippen LogP contribution in [0.4, 0.5) is 0 Å². The maximum absolute atomic E-state index is 5.30. The van der Waals surface area contributed by atoms with E-state index in [1.54, 1.807) is 0 Å². The minimum atomic E-state index is 0.707. The fourth-order valence-electron chi connectivity index (χ4n) is 2.08. The Hall–Kier alpha value is -1.22. The maximum Gasteiger partial charge on any atom is -0.00134 e. The second-order valence-electron chi connectivity index (χ2n) is 4.20. The highest BCUT2D eigenvalue weighted by atomic mass is 14.2. The van der Waals surface area contributed by atoms with Crippen molar-refractivity contribution in [3.63, 3.8) is 0 Å². The van der Waals surface area contributed by atoms with Crippen molar-refractivity contribution in [1.29, 1.82) is 0 Å². The molecule has 0 saturated heterocycles. The molecule has 0 heteroatoms. The first-order chi connectivity index (χ1) is 7.27. The van der Waals surface area contributed by atoms with Gasteiger partial charge in [-0.1, -0.05) is 50.0 Å². The predicted octanol–water partition coefficient (Wildman–Crippen LogP) is 4.26. The zero-order valence-electron chi connectivity index (χ0n) is 9.63. The van der Waals surface area contributed by atoms with Gasteiger partial charge in [-0.05, 0) is 36.8 Å². The Balaban J connectivity index is 2.69. The lowest BCUT2D eigenvalue weighted by Crippen LogP contribution is -2.07. The lowest BCUT2D eigenvalue weighted by molar-refractivity contribution is 0.408. The number of allylic oxidation sites excluding steroid dienone is 5. The van der Waals surface area contributed by atoms with Gasteiger partial charge in [0.2, 0.25) is 0 Å². The summed E-state index contributed by atoms with van der Waals surface area (Å²) in [5, 5.41) is 0. The Labute approximate surface area is 93.8 Å². The molecule has 0 aromatic heterocycles. The SMILES string of the molecule is C#C/C(C)=C/C=C(\C=C)C1CCCCC1. The largest absolute Gasteiger partial charge is 0.115 e. The van der Waals surface area contributed by atoms with Gasteiger partial charge in [0.05, 0.1) is 0 Å². The van der Waals surface area contributed by atoms with Crippen molar-refractivity contribution >= 4 is 0 Å². The molecule has 1 fully saturated rings. The molecule has 1 aliphatic carbocycles. The topological polar surface area (TPSA) is 0 Å². The van der Waals surface area contributed by atoms with Crippen LogP contribution in [0.15, 0.2) is 36.0 Å². The zero-order chi connectivity index (χ0) is 11.1. The predicted molar refractivity (Wildman–Crippen MR) is 67.4 cm³/mol. The second-order valence-corrected chi connectivity index (χ2v) is 4.20. The Morgan fingerprint density at radius 2 is 1.93 bits per heavy atom. The molecule has 0 aromatic rings. The van der Waals surface area contributed by atoms with E-state index < -0.39 is 0 Å². The van der Waals surface area contributed by atoms with E-state index in [-0.39, 0.29) is 0 Å². The van der Waals surface area contributed by atoms with Gasteiger partial charge in [-0.15, -0.1) is 6.42 Å². The quantitative estimate of drug-likeness (QED) is 0.471. The molecule has 0 nitrogen and oxygen atoms in total. The van der Waals surface area contributed by atoms with Crippen LogP contribution in [0.3, 0.4) is 0 Å². The second kappa shape index (κ2) is 6.30. The van der Waals surface area contributed by atoms with Crippen molar-refractivity contribution in [1.82, 2.24) is 0 Å². The van der Waals surface area contributed by atoms with E-state index in [0.717, 1.165) is 5.57 Å². The average Bonchev–Trinajstić information content (AvgIpc) is 2.31. The molecule has 80 valence electrons. The van der Waals surface area contributed by atoms with Crippen LogP contribution in [-0.2, 0) is 0 Å². The van der Waals surface area contributed by atoms with Gasteiger partial charge in [-0.2, -0.15) is 0 Å². The molecule has 1 aliphatic rings. The molecule has 0 aromatic carbocycles. The number of hydrogen-bond acceptors (Lipinski definition) is 0. The summed E-state index contributed by atoms with van der Waals surface area (Å²) < 4.78 is 0. The summed E-state index contributed by atoms with van der Waals surface area (Å²) in [7, 11) is 0. The average molecular weight is 200 g/mol. The molecule has 1 saturated carbocycles. The molecule has 0 spiro atoms. The molecule has 15 heavy (non-hydrogen) atoms. The monoisotopic (exact) mass is 200 g/mol. The van der Waals surface area contributed by atoms with Crippen LogP contribution >= 0.6 is 0 Å². The van der Waals surface area contributed by atoms with Crippen molar-refractivity contribution in [2.24, 2.45) is 5.92 Å². The van der Waals surface area contributed by atoms with Crippen LogP contribution in [-0.4, -0.2) is 0 Å². The summed E-state index contributed by atoms with van der Waals surface area (Å²) in [5.41, 5.74) is 2.33. The fourth-order valence-corrected chi connectivity index (χ4v) is 2.08. The molecule has 0 bridgehead atoms. The van der Waals surface area contributed by atoms with E-state index in [2.05, 4.69) is 18.6 Å². The van der Waals surface area contributed by atoms with Crippen LogP contribution in [0.1, 0.15) is 39.0 Å². The van der Waals surface area contributed by atoms with Crippen LogP contribution in [0.5, 0.6) is 0 Å². The highest BCUT2D eigenvalue weighted by Gasteiger charge is 2.14. The highest BCUT2D eigenvalue weighted by molar-refractivity contribution is 5.32. The minimum Gasteiger partial charge on any atom is -0.115 e. The Morgan fingerprint density at radius 1 is 1.27 bits per heavy atom. The van der Waals surface area contributed by atoms with E-state index in [1.165, 1.54) is 37.7 Å². The van der Waals surface area contributed by atoms with Gasteiger partial charge in [-0.25, -0.2) is 0 Å². The molecule has 0 amide bonds. The van der Waals surface area contributed by atoms with Crippen LogP contribution in [0.25, 0.3) is 0 Å². The normalized spacial score (nSPS) is 19.7. The van der Waals surface area contributed by atoms with Crippen molar-refractivity contribution in [3.8, 4) is 12.3 Å². The molecular weight excluding hydrogens is 180 g/mol. The zero-order valence-corrected chi connectivity index (χ0v) is 9.63. The molecular formula is C15H20. The van der Waals surface area contributed by atoms with Gasteiger partial charge in [0.25, 0.3) is 0 Å². The number of rotatable bonds is 3. The van der Waals surface area contributed by atoms with E-state index in [1.807, 2.05) is 19.1 Å². The summed E-state index contributed by atoms with van der Waals surface area (Å²) in [6.45, 7) is 5.85. The first-order valence-electron chi connectivity index (χ1n) is 5.75. The van der Waals surface area contributed by atoms with Gasteiger partial charge in [-0.3, -0.25) is 0 Å². The van der Waals surface area contributed by atoms with E-state index in [0.29, 0.717) is 5.92 Å².